The van der Waals surface area contributed by atoms with Gasteiger partial charge in [-0.05, 0) is 54.4 Å². The predicted octanol–water partition coefficient (Wildman–Crippen LogP) is 2.96. The number of H-pyrrole nitrogens is 1. The summed E-state index contributed by atoms with van der Waals surface area (Å²) in [4.78, 5) is 30.7. The number of hydrogen-bond acceptors (Lipinski definition) is 3. The molecular weight excluding hydrogens is 400 g/mol. The summed E-state index contributed by atoms with van der Waals surface area (Å²) in [7, 11) is 1.69. The van der Waals surface area contributed by atoms with Crippen molar-refractivity contribution in [2.24, 2.45) is 17.3 Å². The number of amides is 2. The molecule has 3 atom stereocenters. The van der Waals surface area contributed by atoms with E-state index in [2.05, 4.69) is 34.4 Å². The van der Waals surface area contributed by atoms with E-state index in [0.717, 1.165) is 48.8 Å². The van der Waals surface area contributed by atoms with Crippen molar-refractivity contribution in [3.63, 3.8) is 0 Å². The molecule has 1 aromatic heterocycles. The van der Waals surface area contributed by atoms with E-state index in [4.69, 9.17) is 11.6 Å². The zero-order valence-corrected chi connectivity index (χ0v) is 18.7. The summed E-state index contributed by atoms with van der Waals surface area (Å²) in [5.74, 6) is 0.689. The van der Waals surface area contributed by atoms with Crippen LogP contribution < -0.4 is 10.6 Å². The van der Waals surface area contributed by atoms with Gasteiger partial charge in [0.1, 0.15) is 0 Å². The highest BCUT2D eigenvalue weighted by molar-refractivity contribution is 6.31. The van der Waals surface area contributed by atoms with Crippen LogP contribution in [0.1, 0.15) is 32.3 Å². The minimum absolute atomic E-state index is 0.0132. The lowest BCUT2D eigenvalue weighted by molar-refractivity contribution is -0.125. The molecule has 1 saturated heterocycles. The second-order valence-corrected chi connectivity index (χ2v) is 9.76. The summed E-state index contributed by atoms with van der Waals surface area (Å²) in [5.41, 5.74) is 2.17. The van der Waals surface area contributed by atoms with Gasteiger partial charge in [-0.1, -0.05) is 25.4 Å². The highest BCUT2D eigenvalue weighted by atomic mass is 35.5. The number of likely N-dealkylation sites (N-methyl/N-ethyl adjacent to an activating group) is 1. The first-order valence-corrected chi connectivity index (χ1v) is 11.2. The lowest BCUT2D eigenvalue weighted by Crippen LogP contribution is -2.43. The average molecular weight is 431 g/mol. The molecule has 7 heteroatoms. The minimum atomic E-state index is -0.119. The van der Waals surface area contributed by atoms with Crippen LogP contribution in [0.5, 0.6) is 0 Å². The Hall–Kier alpha value is -2.05. The van der Waals surface area contributed by atoms with Crippen molar-refractivity contribution >= 4 is 34.3 Å². The number of nitrogens with one attached hydrogen (secondary N) is 3. The molecule has 1 aromatic carbocycles. The summed E-state index contributed by atoms with van der Waals surface area (Å²) < 4.78 is 0. The molecule has 6 nitrogen and oxygen atoms in total. The van der Waals surface area contributed by atoms with Gasteiger partial charge in [-0.3, -0.25) is 14.5 Å². The molecule has 30 heavy (non-hydrogen) atoms. The summed E-state index contributed by atoms with van der Waals surface area (Å²) in [5, 5.41) is 7.73. The summed E-state index contributed by atoms with van der Waals surface area (Å²) >= 11 is 6.12. The maximum absolute atomic E-state index is 12.8. The smallest absolute Gasteiger partial charge is 0.237 e. The Labute approximate surface area is 182 Å². The lowest BCUT2D eigenvalue weighted by atomic mass is 9.99. The molecular formula is C23H31ClN4O2. The van der Waals surface area contributed by atoms with Crippen LogP contribution in [0.15, 0.2) is 24.4 Å². The third-order valence-corrected chi connectivity index (χ3v) is 6.87. The molecule has 2 aliphatic rings. The molecule has 162 valence electrons. The van der Waals surface area contributed by atoms with Gasteiger partial charge in [-0.25, -0.2) is 0 Å². The highest BCUT2D eigenvalue weighted by Crippen LogP contribution is 2.60. The first-order chi connectivity index (χ1) is 14.3. The molecule has 3 N–H and O–H groups in total. The molecule has 2 fully saturated rings. The van der Waals surface area contributed by atoms with Gasteiger partial charge in [0.25, 0.3) is 0 Å². The van der Waals surface area contributed by atoms with Gasteiger partial charge in [0.05, 0.1) is 6.04 Å². The van der Waals surface area contributed by atoms with Gasteiger partial charge < -0.3 is 15.6 Å². The van der Waals surface area contributed by atoms with Crippen molar-refractivity contribution in [1.29, 1.82) is 0 Å². The highest BCUT2D eigenvalue weighted by Gasteiger charge is 2.63. The maximum atomic E-state index is 12.8. The number of hydrogen-bond donors (Lipinski definition) is 3. The quantitative estimate of drug-likeness (QED) is 0.632. The van der Waals surface area contributed by atoms with Gasteiger partial charge in [-0.15, -0.1) is 0 Å². The fourth-order valence-corrected chi connectivity index (χ4v) is 5.27. The van der Waals surface area contributed by atoms with Crippen molar-refractivity contribution in [3.8, 4) is 0 Å². The molecule has 1 saturated carbocycles. The number of benzene rings is 1. The van der Waals surface area contributed by atoms with Crippen molar-refractivity contribution < 1.29 is 9.59 Å². The van der Waals surface area contributed by atoms with E-state index in [1.54, 1.807) is 7.05 Å². The zero-order valence-electron chi connectivity index (χ0n) is 17.9. The van der Waals surface area contributed by atoms with Crippen LogP contribution in [0.4, 0.5) is 0 Å². The van der Waals surface area contributed by atoms with Crippen LogP contribution in [0.25, 0.3) is 10.9 Å². The van der Waals surface area contributed by atoms with Gasteiger partial charge in [-0.2, -0.15) is 0 Å². The average Bonchev–Trinajstić information content (AvgIpc) is 3.07. The number of aromatic amines is 1. The van der Waals surface area contributed by atoms with Crippen molar-refractivity contribution in [1.82, 2.24) is 20.5 Å². The summed E-state index contributed by atoms with van der Waals surface area (Å²) in [6, 6.07) is 5.68. The largest absolute Gasteiger partial charge is 0.361 e. The summed E-state index contributed by atoms with van der Waals surface area (Å²) in [6.45, 7) is 6.65. The van der Waals surface area contributed by atoms with Gasteiger partial charge in [0, 0.05) is 54.7 Å². The van der Waals surface area contributed by atoms with Crippen LogP contribution in [-0.2, 0) is 16.0 Å². The number of rotatable bonds is 7. The molecule has 1 spiro atoms. The monoisotopic (exact) mass is 430 g/mol. The Kier molecular flexibility index (Phi) is 5.82. The predicted molar refractivity (Wildman–Crippen MR) is 119 cm³/mol. The molecule has 1 aliphatic carbocycles. The number of carbonyl (C=O) groups excluding carboxylic acids is 2. The van der Waals surface area contributed by atoms with E-state index in [1.807, 2.05) is 24.4 Å². The zero-order chi connectivity index (χ0) is 21.5. The molecule has 2 heterocycles. The van der Waals surface area contributed by atoms with E-state index in [9.17, 15) is 9.59 Å². The molecule has 2 amide bonds. The van der Waals surface area contributed by atoms with Gasteiger partial charge in [0.15, 0.2) is 0 Å². The number of nitrogens with zero attached hydrogens (tertiary/aromatic N) is 1. The van der Waals surface area contributed by atoms with Crippen molar-refractivity contribution in [2.45, 2.75) is 39.2 Å². The lowest BCUT2D eigenvalue weighted by Gasteiger charge is -2.24. The third-order valence-electron chi connectivity index (χ3n) is 6.64. The van der Waals surface area contributed by atoms with E-state index in [0.29, 0.717) is 17.5 Å². The molecule has 0 radical (unpaired) electrons. The van der Waals surface area contributed by atoms with E-state index < -0.39 is 0 Å². The van der Waals surface area contributed by atoms with Crippen molar-refractivity contribution in [2.75, 3.05) is 26.7 Å². The second kappa shape index (κ2) is 8.23. The standard InChI is InChI=1S/C23H31ClN4O2/c1-14(2)12-28-13-23(10-20(28)22(30)25-3)9-18(23)21(29)26-7-6-15-11-27-19-5-4-16(24)8-17(15)19/h4-5,8,11,14,18,20,27H,6-7,9-10,12-13H2,1-3H3,(H,25,30)(H,26,29)/t18-,20+,23+/m1/s1. The Morgan fingerprint density at radius 3 is 2.83 bits per heavy atom. The topological polar surface area (TPSA) is 77.2 Å². The van der Waals surface area contributed by atoms with Crippen LogP contribution in [0.3, 0.4) is 0 Å². The summed E-state index contributed by atoms with van der Waals surface area (Å²) in [6.07, 6.45) is 4.40. The first kappa shape index (κ1) is 21.2. The Bertz CT molecular complexity index is 956. The molecule has 0 unspecified atom stereocenters. The number of likely N-dealkylation sites (tertiary alicyclic amines) is 1. The Morgan fingerprint density at radius 1 is 1.30 bits per heavy atom. The third kappa shape index (κ3) is 4.08. The fraction of sp³-hybridized carbons (Fsp3) is 0.565. The van der Waals surface area contributed by atoms with E-state index >= 15 is 0 Å². The molecule has 1 aliphatic heterocycles. The van der Waals surface area contributed by atoms with Gasteiger partial charge >= 0.3 is 0 Å². The second-order valence-electron chi connectivity index (χ2n) is 9.32. The van der Waals surface area contributed by atoms with E-state index in [-0.39, 0.29) is 29.2 Å². The Morgan fingerprint density at radius 2 is 2.10 bits per heavy atom. The first-order valence-electron chi connectivity index (χ1n) is 10.8. The normalized spacial score (nSPS) is 25.9. The molecule has 2 aromatic rings. The number of halogens is 1. The fourth-order valence-electron chi connectivity index (χ4n) is 5.10. The van der Waals surface area contributed by atoms with Crippen LogP contribution in [-0.4, -0.2) is 54.4 Å². The van der Waals surface area contributed by atoms with E-state index in [1.165, 1.54) is 0 Å². The van der Waals surface area contributed by atoms with Crippen LogP contribution in [0.2, 0.25) is 5.02 Å². The molecule has 4 rings (SSSR count). The number of aromatic nitrogens is 1. The number of carbonyl (C=O) groups is 2. The Balaban J connectivity index is 1.34. The minimum Gasteiger partial charge on any atom is -0.361 e. The van der Waals surface area contributed by atoms with Crippen LogP contribution in [0, 0.1) is 17.3 Å². The van der Waals surface area contributed by atoms with Crippen LogP contribution >= 0.6 is 11.6 Å². The SMILES string of the molecule is CNC(=O)[C@@H]1C[C@@]2(C[C@@H]2C(=O)NCCc2c[nH]c3ccc(Cl)cc23)CN1CC(C)C. The van der Waals surface area contributed by atoms with Crippen molar-refractivity contribution in [3.05, 3.63) is 35.0 Å². The number of fused-ring (bicyclic) bond motifs is 1. The van der Waals surface area contributed by atoms with Gasteiger partial charge in [0.2, 0.25) is 11.8 Å². The maximum Gasteiger partial charge on any atom is 0.237 e. The molecule has 0 bridgehead atoms.